The predicted molar refractivity (Wildman–Crippen MR) is 88.9 cm³/mol. The van der Waals surface area contributed by atoms with Crippen molar-refractivity contribution in [2.45, 2.75) is 30.2 Å². The number of imidazole rings is 1. The molecule has 1 aromatic carbocycles. The van der Waals surface area contributed by atoms with Gasteiger partial charge < -0.3 is 10.7 Å². The van der Waals surface area contributed by atoms with Gasteiger partial charge in [0.15, 0.2) is 5.16 Å². The van der Waals surface area contributed by atoms with Crippen LogP contribution < -0.4 is 5.84 Å². The highest BCUT2D eigenvalue weighted by molar-refractivity contribution is 8.00. The molecule has 0 bridgehead atoms. The molecule has 1 aromatic heterocycles. The number of nitrogen functional groups attached to an aromatic ring is 1. The molecule has 0 saturated carbocycles. The van der Waals surface area contributed by atoms with Crippen molar-refractivity contribution < 1.29 is 4.79 Å². The number of carbonyl (C=O) groups is 1. The van der Waals surface area contributed by atoms with E-state index in [9.17, 15) is 4.79 Å². The summed E-state index contributed by atoms with van der Waals surface area (Å²) in [5.41, 5.74) is 1.85. The molecule has 6 heteroatoms. The Morgan fingerprint density at radius 1 is 1.27 bits per heavy atom. The fraction of sp³-hybridized carbons (Fsp3) is 0.375. The number of carbonyl (C=O) groups excluding carboxylic acids is 1. The standard InChI is InChI=1S/C16H20N4OS/c1-12(15(21)19-9-5-6-10-19)22-16-18-14(11-20(16)17)13-7-3-2-4-8-13/h2-4,7-8,11-12H,5-6,9-10,17H2,1H3. The first-order chi connectivity index (χ1) is 10.6. The van der Waals surface area contributed by atoms with E-state index in [1.54, 1.807) is 6.20 Å². The third-order valence-electron chi connectivity index (χ3n) is 3.82. The molecule has 0 radical (unpaired) electrons. The minimum atomic E-state index is -0.175. The summed E-state index contributed by atoms with van der Waals surface area (Å²) in [5, 5.41) is 0.491. The minimum Gasteiger partial charge on any atom is -0.342 e. The third kappa shape index (κ3) is 3.11. The lowest BCUT2D eigenvalue weighted by Gasteiger charge is -2.19. The van der Waals surface area contributed by atoms with Crippen molar-refractivity contribution in [2.75, 3.05) is 18.9 Å². The molecule has 3 rings (SSSR count). The first-order valence-corrected chi connectivity index (χ1v) is 8.38. The van der Waals surface area contributed by atoms with E-state index >= 15 is 0 Å². The molecule has 116 valence electrons. The van der Waals surface area contributed by atoms with Gasteiger partial charge in [0.05, 0.1) is 17.1 Å². The molecule has 2 N–H and O–H groups in total. The topological polar surface area (TPSA) is 64.2 Å². The van der Waals surface area contributed by atoms with Gasteiger partial charge in [0.25, 0.3) is 0 Å². The van der Waals surface area contributed by atoms with Crippen LogP contribution in [0, 0.1) is 0 Å². The summed E-state index contributed by atoms with van der Waals surface area (Å²) in [6.07, 6.45) is 4.00. The van der Waals surface area contributed by atoms with E-state index < -0.39 is 0 Å². The fourth-order valence-electron chi connectivity index (χ4n) is 2.61. The van der Waals surface area contributed by atoms with Crippen molar-refractivity contribution in [3.8, 4) is 11.3 Å². The molecule has 5 nitrogen and oxygen atoms in total. The van der Waals surface area contributed by atoms with Gasteiger partial charge in [-0.2, -0.15) is 0 Å². The first kappa shape index (κ1) is 15.0. The average Bonchev–Trinajstić information content (AvgIpc) is 3.18. The van der Waals surface area contributed by atoms with Gasteiger partial charge in [-0.3, -0.25) is 4.79 Å². The molecular formula is C16H20N4OS. The van der Waals surface area contributed by atoms with E-state index in [1.165, 1.54) is 16.4 Å². The molecule has 2 heterocycles. The maximum absolute atomic E-state index is 12.4. The second-order valence-corrected chi connectivity index (χ2v) is 6.78. The number of nitrogens with two attached hydrogens (primary N) is 1. The number of nitrogens with zero attached hydrogens (tertiary/aromatic N) is 3. The Morgan fingerprint density at radius 2 is 1.95 bits per heavy atom. The Kier molecular flexibility index (Phi) is 4.38. The SMILES string of the molecule is CC(Sc1nc(-c2ccccc2)cn1N)C(=O)N1CCCC1. The lowest BCUT2D eigenvalue weighted by Crippen LogP contribution is -2.34. The number of benzene rings is 1. The van der Waals surface area contributed by atoms with E-state index in [1.807, 2.05) is 42.2 Å². The zero-order valence-electron chi connectivity index (χ0n) is 12.6. The van der Waals surface area contributed by atoms with Crippen LogP contribution in [0.5, 0.6) is 0 Å². The van der Waals surface area contributed by atoms with Crippen LogP contribution in [-0.4, -0.2) is 38.8 Å². The van der Waals surface area contributed by atoms with Crippen molar-refractivity contribution in [3.05, 3.63) is 36.5 Å². The van der Waals surface area contributed by atoms with E-state index in [2.05, 4.69) is 4.98 Å². The van der Waals surface area contributed by atoms with E-state index in [-0.39, 0.29) is 11.2 Å². The molecule has 1 atom stereocenters. The number of hydrogen-bond acceptors (Lipinski definition) is 4. The Hall–Kier alpha value is -1.95. The van der Waals surface area contributed by atoms with Gasteiger partial charge in [-0.15, -0.1) is 0 Å². The third-order valence-corrected chi connectivity index (χ3v) is 4.88. The zero-order valence-corrected chi connectivity index (χ0v) is 13.4. The summed E-state index contributed by atoms with van der Waals surface area (Å²) >= 11 is 1.42. The fourth-order valence-corrected chi connectivity index (χ4v) is 3.51. The molecule has 0 aliphatic carbocycles. The molecular weight excluding hydrogens is 296 g/mol. The van der Waals surface area contributed by atoms with Crippen LogP contribution in [0.2, 0.25) is 0 Å². The van der Waals surface area contributed by atoms with Crippen LogP contribution in [0.15, 0.2) is 41.7 Å². The van der Waals surface area contributed by atoms with Gasteiger partial charge >= 0.3 is 0 Å². The summed E-state index contributed by atoms with van der Waals surface area (Å²) in [7, 11) is 0. The molecule has 1 aliphatic rings. The highest BCUT2D eigenvalue weighted by Crippen LogP contribution is 2.27. The van der Waals surface area contributed by atoms with Crippen LogP contribution in [0.3, 0.4) is 0 Å². The molecule has 1 aliphatic heterocycles. The average molecular weight is 316 g/mol. The monoisotopic (exact) mass is 316 g/mol. The second kappa shape index (κ2) is 6.44. The molecule has 1 amide bonds. The number of thioether (sulfide) groups is 1. The van der Waals surface area contributed by atoms with Gasteiger partial charge in [0.2, 0.25) is 5.91 Å². The maximum Gasteiger partial charge on any atom is 0.235 e. The largest absolute Gasteiger partial charge is 0.342 e. The summed E-state index contributed by atoms with van der Waals surface area (Å²) in [6, 6.07) is 9.90. The van der Waals surface area contributed by atoms with Gasteiger partial charge in [-0.25, -0.2) is 9.66 Å². The quantitative estimate of drug-likeness (QED) is 0.695. The van der Waals surface area contributed by atoms with Gasteiger partial charge in [-0.1, -0.05) is 42.1 Å². The van der Waals surface area contributed by atoms with E-state index in [0.29, 0.717) is 5.16 Å². The smallest absolute Gasteiger partial charge is 0.235 e. The number of likely N-dealkylation sites (tertiary alicyclic amines) is 1. The van der Waals surface area contributed by atoms with Crippen LogP contribution >= 0.6 is 11.8 Å². The Labute approximate surface area is 134 Å². The highest BCUT2D eigenvalue weighted by Gasteiger charge is 2.25. The van der Waals surface area contributed by atoms with Crippen LogP contribution in [-0.2, 0) is 4.79 Å². The predicted octanol–water partition coefficient (Wildman–Crippen LogP) is 2.37. The maximum atomic E-state index is 12.4. The minimum absolute atomic E-state index is 0.173. The molecule has 1 fully saturated rings. The van der Waals surface area contributed by atoms with Crippen LogP contribution in [0.4, 0.5) is 0 Å². The summed E-state index contributed by atoms with van der Waals surface area (Å²) in [6.45, 7) is 3.66. The van der Waals surface area contributed by atoms with Crippen molar-refractivity contribution in [1.82, 2.24) is 14.6 Å². The summed E-state index contributed by atoms with van der Waals surface area (Å²) in [4.78, 5) is 18.9. The molecule has 22 heavy (non-hydrogen) atoms. The highest BCUT2D eigenvalue weighted by atomic mass is 32.2. The van der Waals surface area contributed by atoms with Gasteiger partial charge in [0.1, 0.15) is 0 Å². The van der Waals surface area contributed by atoms with Crippen molar-refractivity contribution in [3.63, 3.8) is 0 Å². The van der Waals surface area contributed by atoms with Crippen LogP contribution in [0.25, 0.3) is 11.3 Å². The summed E-state index contributed by atoms with van der Waals surface area (Å²) in [5.74, 6) is 6.16. The van der Waals surface area contributed by atoms with Crippen molar-refractivity contribution in [2.24, 2.45) is 0 Å². The Bertz CT molecular complexity index is 649. The Morgan fingerprint density at radius 3 is 2.64 bits per heavy atom. The van der Waals surface area contributed by atoms with Crippen molar-refractivity contribution >= 4 is 17.7 Å². The molecule has 1 unspecified atom stereocenters. The number of aromatic nitrogens is 2. The zero-order chi connectivity index (χ0) is 15.5. The second-order valence-electron chi connectivity index (χ2n) is 5.47. The summed E-state index contributed by atoms with van der Waals surface area (Å²) < 4.78 is 1.50. The lowest BCUT2D eigenvalue weighted by atomic mass is 10.2. The molecule has 2 aromatic rings. The normalized spacial score (nSPS) is 16.0. The number of rotatable bonds is 4. The van der Waals surface area contributed by atoms with E-state index in [0.717, 1.165) is 37.2 Å². The number of hydrogen-bond donors (Lipinski definition) is 1. The first-order valence-electron chi connectivity index (χ1n) is 7.50. The number of amides is 1. The van der Waals surface area contributed by atoms with Crippen molar-refractivity contribution in [1.29, 1.82) is 0 Å². The lowest BCUT2D eigenvalue weighted by molar-refractivity contribution is -0.129. The molecule has 0 spiro atoms. The van der Waals surface area contributed by atoms with Gasteiger partial charge in [-0.05, 0) is 19.8 Å². The Balaban J connectivity index is 1.72. The van der Waals surface area contributed by atoms with Gasteiger partial charge in [0, 0.05) is 18.7 Å². The van der Waals surface area contributed by atoms with Crippen LogP contribution in [0.1, 0.15) is 19.8 Å². The van der Waals surface area contributed by atoms with E-state index in [4.69, 9.17) is 5.84 Å². The molecule has 1 saturated heterocycles.